The van der Waals surface area contributed by atoms with E-state index in [0.29, 0.717) is 40.3 Å². The number of ether oxygens (including phenoxy) is 3. The summed E-state index contributed by atoms with van der Waals surface area (Å²) in [5.74, 6) is 3.09. The van der Waals surface area contributed by atoms with Crippen LogP contribution < -0.4 is 14.2 Å². The van der Waals surface area contributed by atoms with E-state index < -0.39 is 0 Å². The molecule has 0 aliphatic carbocycles. The highest BCUT2D eigenvalue weighted by Gasteiger charge is 2.17. The van der Waals surface area contributed by atoms with Gasteiger partial charge in [0.1, 0.15) is 0 Å². The summed E-state index contributed by atoms with van der Waals surface area (Å²) in [6.07, 6.45) is 0. The number of rotatable bonds is 8. The zero-order valence-electron chi connectivity index (χ0n) is 17.5. The van der Waals surface area contributed by atoms with Crippen LogP contribution in [0.25, 0.3) is 22.6 Å². The number of benzene rings is 3. The Balaban J connectivity index is 1.46. The Morgan fingerprint density at radius 1 is 0.742 bits per heavy atom. The van der Waals surface area contributed by atoms with Crippen molar-refractivity contribution in [2.24, 2.45) is 0 Å². The second-order valence-electron chi connectivity index (χ2n) is 6.59. The molecule has 3 aromatic carbocycles. The van der Waals surface area contributed by atoms with Gasteiger partial charge in [-0.05, 0) is 35.4 Å². The number of methoxy groups -OCH3 is 3. The van der Waals surface area contributed by atoms with Crippen molar-refractivity contribution in [3.8, 4) is 39.8 Å². The molecule has 0 saturated heterocycles. The van der Waals surface area contributed by atoms with Gasteiger partial charge in [0.25, 0.3) is 0 Å². The summed E-state index contributed by atoms with van der Waals surface area (Å²) >= 11 is 1.64. The zero-order valence-corrected chi connectivity index (χ0v) is 18.3. The molecule has 0 aliphatic heterocycles. The van der Waals surface area contributed by atoms with Crippen LogP contribution >= 0.6 is 11.8 Å². The third-order valence-electron chi connectivity index (χ3n) is 4.70. The van der Waals surface area contributed by atoms with Crippen molar-refractivity contribution >= 4 is 11.8 Å². The van der Waals surface area contributed by atoms with E-state index in [2.05, 4.69) is 46.6 Å². The minimum absolute atomic E-state index is 0.397. The fraction of sp³-hybridized carbons (Fsp3) is 0.167. The number of aromatic nitrogens is 2. The molecule has 0 N–H and O–H groups in total. The standard InChI is InChI=1S/C24H22N2O4S/c1-27-20-13-18(14-21(28-2)23(20)29-3)24-26-25-22(30-24)15-31-19-11-9-17(10-12-19)16-7-5-4-6-8-16/h4-14H,15H2,1-3H3. The molecule has 0 atom stereocenters. The Morgan fingerprint density at radius 3 is 2.00 bits per heavy atom. The summed E-state index contributed by atoms with van der Waals surface area (Å²) in [7, 11) is 4.70. The highest BCUT2D eigenvalue weighted by Crippen LogP contribution is 2.41. The summed E-state index contributed by atoms with van der Waals surface area (Å²) < 4.78 is 22.0. The number of hydrogen-bond donors (Lipinski definition) is 0. The van der Waals surface area contributed by atoms with Crippen LogP contribution in [0.1, 0.15) is 5.89 Å². The molecule has 0 radical (unpaired) electrons. The second-order valence-corrected chi connectivity index (χ2v) is 7.64. The van der Waals surface area contributed by atoms with E-state index in [1.807, 2.05) is 18.2 Å². The third kappa shape index (κ3) is 4.67. The fourth-order valence-electron chi connectivity index (χ4n) is 3.15. The largest absolute Gasteiger partial charge is 0.493 e. The van der Waals surface area contributed by atoms with Gasteiger partial charge in [0.05, 0.1) is 27.1 Å². The van der Waals surface area contributed by atoms with Crippen LogP contribution in [-0.2, 0) is 5.75 Å². The van der Waals surface area contributed by atoms with Crippen molar-refractivity contribution < 1.29 is 18.6 Å². The van der Waals surface area contributed by atoms with Crippen LogP contribution in [0.5, 0.6) is 17.2 Å². The Bertz CT molecular complexity index is 1120. The van der Waals surface area contributed by atoms with Crippen LogP contribution in [0.2, 0.25) is 0 Å². The van der Waals surface area contributed by atoms with E-state index in [0.717, 1.165) is 4.90 Å². The van der Waals surface area contributed by atoms with Crippen LogP contribution in [0.4, 0.5) is 0 Å². The smallest absolute Gasteiger partial charge is 0.248 e. The first-order valence-electron chi connectivity index (χ1n) is 9.63. The lowest BCUT2D eigenvalue weighted by atomic mass is 10.1. The minimum Gasteiger partial charge on any atom is -0.493 e. The molecule has 0 aliphatic rings. The number of hydrogen-bond acceptors (Lipinski definition) is 7. The molecular weight excluding hydrogens is 412 g/mol. The van der Waals surface area contributed by atoms with E-state index in [1.54, 1.807) is 45.2 Å². The molecule has 1 heterocycles. The van der Waals surface area contributed by atoms with Gasteiger partial charge in [0.15, 0.2) is 11.5 Å². The van der Waals surface area contributed by atoms with E-state index in [1.165, 1.54) is 11.1 Å². The van der Waals surface area contributed by atoms with Crippen LogP contribution in [0.3, 0.4) is 0 Å². The summed E-state index contributed by atoms with van der Waals surface area (Å²) in [6, 6.07) is 22.3. The van der Waals surface area contributed by atoms with Gasteiger partial charge in [-0.15, -0.1) is 22.0 Å². The predicted octanol–water partition coefficient (Wildman–Crippen LogP) is 5.72. The number of nitrogens with zero attached hydrogens (tertiary/aromatic N) is 2. The van der Waals surface area contributed by atoms with Gasteiger partial charge in [0, 0.05) is 10.5 Å². The molecule has 158 valence electrons. The molecule has 0 amide bonds. The first-order valence-corrected chi connectivity index (χ1v) is 10.6. The van der Waals surface area contributed by atoms with Crippen LogP contribution in [0, 0.1) is 0 Å². The Labute approximate surface area is 185 Å². The Hall–Kier alpha value is -3.45. The molecule has 0 saturated carbocycles. The van der Waals surface area contributed by atoms with E-state index in [4.69, 9.17) is 18.6 Å². The maximum atomic E-state index is 5.86. The van der Waals surface area contributed by atoms with Crippen molar-refractivity contribution in [1.29, 1.82) is 0 Å². The van der Waals surface area contributed by atoms with Gasteiger partial charge in [-0.25, -0.2) is 0 Å². The molecule has 0 fully saturated rings. The monoisotopic (exact) mass is 434 g/mol. The average Bonchev–Trinajstić information content (AvgIpc) is 3.31. The quantitative estimate of drug-likeness (QED) is 0.329. The molecule has 6 nitrogen and oxygen atoms in total. The Kier molecular flexibility index (Phi) is 6.43. The second kappa shape index (κ2) is 9.57. The van der Waals surface area contributed by atoms with Crippen molar-refractivity contribution in [1.82, 2.24) is 10.2 Å². The van der Waals surface area contributed by atoms with Gasteiger partial charge < -0.3 is 18.6 Å². The topological polar surface area (TPSA) is 66.6 Å². The fourth-order valence-corrected chi connectivity index (χ4v) is 3.89. The summed E-state index contributed by atoms with van der Waals surface area (Å²) in [5, 5.41) is 8.35. The predicted molar refractivity (Wildman–Crippen MR) is 121 cm³/mol. The van der Waals surface area contributed by atoms with Crippen molar-refractivity contribution in [3.05, 3.63) is 72.6 Å². The van der Waals surface area contributed by atoms with Gasteiger partial charge in [-0.1, -0.05) is 42.5 Å². The first-order chi connectivity index (χ1) is 15.2. The van der Waals surface area contributed by atoms with Gasteiger partial charge >= 0.3 is 0 Å². The van der Waals surface area contributed by atoms with E-state index >= 15 is 0 Å². The van der Waals surface area contributed by atoms with Crippen molar-refractivity contribution in [3.63, 3.8) is 0 Å². The first kappa shape index (κ1) is 20.8. The van der Waals surface area contributed by atoms with Crippen LogP contribution in [0.15, 0.2) is 76.0 Å². The zero-order chi connectivity index (χ0) is 21.6. The molecule has 1 aromatic heterocycles. The maximum absolute atomic E-state index is 5.86. The summed E-state index contributed by atoms with van der Waals surface area (Å²) in [4.78, 5) is 1.13. The molecule has 4 aromatic rings. The summed E-state index contributed by atoms with van der Waals surface area (Å²) in [6.45, 7) is 0. The average molecular weight is 435 g/mol. The minimum atomic E-state index is 0.397. The van der Waals surface area contributed by atoms with Crippen molar-refractivity contribution in [2.75, 3.05) is 21.3 Å². The normalized spacial score (nSPS) is 10.7. The van der Waals surface area contributed by atoms with Crippen molar-refractivity contribution in [2.45, 2.75) is 10.6 Å². The third-order valence-corrected chi connectivity index (χ3v) is 5.70. The highest BCUT2D eigenvalue weighted by molar-refractivity contribution is 7.98. The lowest BCUT2D eigenvalue weighted by Crippen LogP contribution is -1.95. The SMILES string of the molecule is COc1cc(-c2nnc(CSc3ccc(-c4ccccc4)cc3)o2)cc(OC)c1OC. The summed E-state index contributed by atoms with van der Waals surface area (Å²) in [5.41, 5.74) is 3.09. The molecular formula is C24H22N2O4S. The molecule has 4 rings (SSSR count). The Morgan fingerprint density at radius 2 is 1.39 bits per heavy atom. The molecule has 0 spiro atoms. The lowest BCUT2D eigenvalue weighted by molar-refractivity contribution is 0.324. The van der Waals surface area contributed by atoms with E-state index in [9.17, 15) is 0 Å². The van der Waals surface area contributed by atoms with Gasteiger partial charge in [-0.3, -0.25) is 0 Å². The van der Waals surface area contributed by atoms with Crippen LogP contribution in [-0.4, -0.2) is 31.5 Å². The molecule has 31 heavy (non-hydrogen) atoms. The highest BCUT2D eigenvalue weighted by atomic mass is 32.2. The maximum Gasteiger partial charge on any atom is 0.248 e. The number of thioether (sulfide) groups is 1. The lowest BCUT2D eigenvalue weighted by Gasteiger charge is -2.12. The van der Waals surface area contributed by atoms with Gasteiger partial charge in [0.2, 0.25) is 17.5 Å². The molecule has 0 unspecified atom stereocenters. The molecule has 0 bridgehead atoms. The van der Waals surface area contributed by atoms with E-state index in [-0.39, 0.29) is 0 Å². The molecule has 7 heteroatoms. The van der Waals surface area contributed by atoms with Gasteiger partial charge in [-0.2, -0.15) is 0 Å².